The van der Waals surface area contributed by atoms with Crippen LogP contribution >= 0.6 is 0 Å². The van der Waals surface area contributed by atoms with E-state index in [0.29, 0.717) is 12.3 Å². The number of morpholine rings is 1. The van der Waals surface area contributed by atoms with E-state index >= 15 is 0 Å². The van der Waals surface area contributed by atoms with E-state index in [9.17, 15) is 4.79 Å². The lowest BCUT2D eigenvalue weighted by molar-refractivity contribution is 0.0336. The first-order valence-corrected chi connectivity index (χ1v) is 13.3. The van der Waals surface area contributed by atoms with Crippen molar-refractivity contribution < 1.29 is 14.3 Å². The van der Waals surface area contributed by atoms with Gasteiger partial charge >= 0.3 is 6.03 Å². The largest absolute Gasteiger partial charge is 0.494 e. The van der Waals surface area contributed by atoms with Crippen molar-refractivity contribution in [2.24, 2.45) is 0 Å². The molecule has 1 aliphatic rings. The molecule has 0 unspecified atom stereocenters. The van der Waals surface area contributed by atoms with Crippen LogP contribution in [0.2, 0.25) is 0 Å². The lowest BCUT2D eigenvalue weighted by Gasteiger charge is -2.26. The third kappa shape index (κ3) is 6.49. The minimum Gasteiger partial charge on any atom is -0.494 e. The second kappa shape index (κ2) is 12.5. The first-order valence-electron chi connectivity index (χ1n) is 13.3. The molecule has 7 heteroatoms. The van der Waals surface area contributed by atoms with E-state index in [4.69, 9.17) is 14.5 Å². The van der Waals surface area contributed by atoms with Crippen molar-refractivity contribution in [2.45, 2.75) is 26.3 Å². The molecule has 1 aliphatic heterocycles. The van der Waals surface area contributed by atoms with Crippen molar-refractivity contribution in [3.8, 4) is 16.9 Å². The number of nitrogens with zero attached hydrogens (tertiary/aromatic N) is 2. The van der Waals surface area contributed by atoms with Gasteiger partial charge in [0.2, 0.25) is 0 Å². The minimum atomic E-state index is -0.295. The zero-order valence-corrected chi connectivity index (χ0v) is 21.8. The Morgan fingerprint density at radius 3 is 2.47 bits per heavy atom. The average molecular weight is 511 g/mol. The summed E-state index contributed by atoms with van der Waals surface area (Å²) in [6, 6.07) is 23.4. The zero-order chi connectivity index (χ0) is 26.2. The summed E-state index contributed by atoms with van der Waals surface area (Å²) in [7, 11) is 0. The van der Waals surface area contributed by atoms with Crippen molar-refractivity contribution in [3.05, 3.63) is 84.7 Å². The summed E-state index contributed by atoms with van der Waals surface area (Å²) in [4.78, 5) is 19.9. The van der Waals surface area contributed by atoms with Crippen molar-refractivity contribution in [3.63, 3.8) is 0 Å². The van der Waals surface area contributed by atoms with Crippen LogP contribution < -0.4 is 15.4 Å². The van der Waals surface area contributed by atoms with Crippen LogP contribution in [-0.2, 0) is 11.3 Å². The van der Waals surface area contributed by atoms with Crippen LogP contribution in [0.4, 0.5) is 16.2 Å². The summed E-state index contributed by atoms with van der Waals surface area (Å²) in [6.45, 7) is 7.10. The number of fused-ring (bicyclic) bond motifs is 1. The van der Waals surface area contributed by atoms with Crippen LogP contribution in [-0.4, -0.2) is 48.8 Å². The fourth-order valence-corrected chi connectivity index (χ4v) is 4.58. The van der Waals surface area contributed by atoms with Gasteiger partial charge in [0.25, 0.3) is 0 Å². The van der Waals surface area contributed by atoms with Gasteiger partial charge in [0.15, 0.2) is 0 Å². The lowest BCUT2D eigenvalue weighted by Crippen LogP contribution is -2.35. The molecule has 3 aromatic carbocycles. The summed E-state index contributed by atoms with van der Waals surface area (Å²) in [5, 5.41) is 7.95. The van der Waals surface area contributed by atoms with Crippen LogP contribution in [0.5, 0.6) is 5.75 Å². The van der Waals surface area contributed by atoms with Crippen molar-refractivity contribution in [1.29, 1.82) is 0 Å². The maximum Gasteiger partial charge on any atom is 0.323 e. The van der Waals surface area contributed by atoms with Crippen LogP contribution in [0.1, 0.15) is 25.5 Å². The second-order valence-electron chi connectivity index (χ2n) is 9.44. The number of ether oxygens (including phenoxy) is 2. The number of anilines is 2. The number of nitrogens with one attached hydrogen (secondary N) is 2. The van der Waals surface area contributed by atoms with Gasteiger partial charge in [-0.15, -0.1) is 0 Å². The zero-order valence-electron chi connectivity index (χ0n) is 21.8. The first kappa shape index (κ1) is 25.7. The summed E-state index contributed by atoms with van der Waals surface area (Å²) < 4.78 is 11.1. The minimum absolute atomic E-state index is 0.295. The number of carbonyl (C=O) groups excluding carboxylic acids is 1. The average Bonchev–Trinajstić information content (AvgIpc) is 2.95. The molecule has 196 valence electrons. The molecule has 2 heterocycles. The summed E-state index contributed by atoms with van der Waals surface area (Å²) in [5.74, 6) is 0.801. The second-order valence-corrected chi connectivity index (χ2v) is 9.44. The van der Waals surface area contributed by atoms with E-state index in [0.717, 1.165) is 84.7 Å². The Morgan fingerprint density at radius 2 is 1.74 bits per heavy atom. The number of amides is 2. The summed E-state index contributed by atoms with van der Waals surface area (Å²) >= 11 is 0. The van der Waals surface area contributed by atoms with Gasteiger partial charge in [-0.3, -0.25) is 9.88 Å². The van der Waals surface area contributed by atoms with Crippen molar-refractivity contribution in [2.75, 3.05) is 43.5 Å². The molecule has 0 bridgehead atoms. The smallest absolute Gasteiger partial charge is 0.323 e. The molecule has 0 atom stereocenters. The highest BCUT2D eigenvalue weighted by molar-refractivity contribution is 6.09. The van der Waals surface area contributed by atoms with E-state index in [1.807, 2.05) is 60.8 Å². The molecule has 0 aliphatic carbocycles. The molecule has 0 radical (unpaired) electrons. The Labute approximate surface area is 223 Å². The summed E-state index contributed by atoms with van der Waals surface area (Å²) in [6.07, 6.45) is 4.05. The molecular formula is C31H34N4O3. The third-order valence-electron chi connectivity index (χ3n) is 6.68. The summed E-state index contributed by atoms with van der Waals surface area (Å²) in [5.41, 5.74) is 4.63. The maximum atomic E-state index is 12.8. The quantitative estimate of drug-likeness (QED) is 0.250. The fourth-order valence-electron chi connectivity index (χ4n) is 4.58. The number of unbranched alkanes of at least 4 members (excludes halogenated alkanes) is 1. The molecule has 7 nitrogen and oxygen atoms in total. The molecule has 4 aromatic rings. The molecule has 5 rings (SSSR count). The number of hydrogen-bond acceptors (Lipinski definition) is 5. The molecule has 0 spiro atoms. The Hall–Kier alpha value is -3.94. The van der Waals surface area contributed by atoms with Crippen molar-refractivity contribution in [1.82, 2.24) is 9.88 Å². The number of pyridine rings is 1. The molecule has 1 fully saturated rings. The third-order valence-corrected chi connectivity index (χ3v) is 6.68. The molecule has 1 aromatic heterocycles. The molecule has 0 saturated carbocycles. The van der Waals surface area contributed by atoms with Gasteiger partial charge in [-0.25, -0.2) is 4.79 Å². The number of rotatable bonds is 9. The Bertz CT molecular complexity index is 1350. The van der Waals surface area contributed by atoms with Gasteiger partial charge in [-0.1, -0.05) is 49.7 Å². The maximum absolute atomic E-state index is 12.8. The Morgan fingerprint density at radius 1 is 0.947 bits per heavy atom. The van der Waals surface area contributed by atoms with Crippen LogP contribution in [0.15, 0.2) is 79.0 Å². The predicted molar refractivity (Wildman–Crippen MR) is 153 cm³/mol. The van der Waals surface area contributed by atoms with E-state index < -0.39 is 0 Å². The highest BCUT2D eigenvalue weighted by Gasteiger charge is 2.13. The van der Waals surface area contributed by atoms with Crippen LogP contribution in [0.3, 0.4) is 0 Å². The van der Waals surface area contributed by atoms with E-state index in [2.05, 4.69) is 40.7 Å². The Kier molecular flexibility index (Phi) is 8.48. The van der Waals surface area contributed by atoms with Gasteiger partial charge in [-0.2, -0.15) is 0 Å². The van der Waals surface area contributed by atoms with Crippen LogP contribution in [0, 0.1) is 0 Å². The molecule has 2 amide bonds. The number of benzene rings is 3. The number of hydrogen-bond donors (Lipinski definition) is 2. The number of carbonyl (C=O) groups is 1. The topological polar surface area (TPSA) is 75.7 Å². The van der Waals surface area contributed by atoms with E-state index in [1.54, 1.807) is 0 Å². The fraction of sp³-hybridized carbons (Fsp3) is 0.290. The molecule has 2 N–H and O–H groups in total. The van der Waals surface area contributed by atoms with Gasteiger partial charge in [-0.05, 0) is 53.8 Å². The standard InChI is InChI=1S/C31H34N4O3/c1-2-3-18-38-26-12-10-24(11-13-26)33-31(36)34-30-15-14-27(28-6-4-5-7-29(28)30)23-8-9-25(32-21-23)22-35-16-19-37-20-17-35/h4-15,21H,2-3,16-20,22H2,1H3,(H2,33,34,36). The van der Waals surface area contributed by atoms with E-state index in [-0.39, 0.29) is 6.03 Å². The highest BCUT2D eigenvalue weighted by atomic mass is 16.5. The highest BCUT2D eigenvalue weighted by Crippen LogP contribution is 2.33. The van der Waals surface area contributed by atoms with Gasteiger partial charge in [0.05, 0.1) is 31.2 Å². The predicted octanol–water partition coefficient (Wildman–Crippen LogP) is 6.56. The van der Waals surface area contributed by atoms with Crippen molar-refractivity contribution >= 4 is 28.2 Å². The number of urea groups is 1. The lowest BCUT2D eigenvalue weighted by atomic mass is 9.98. The normalized spacial score (nSPS) is 13.8. The van der Waals surface area contributed by atoms with Gasteiger partial charge in [0, 0.05) is 42.5 Å². The van der Waals surface area contributed by atoms with Gasteiger partial charge < -0.3 is 20.1 Å². The first-order chi connectivity index (χ1) is 18.7. The molecular weight excluding hydrogens is 476 g/mol. The van der Waals surface area contributed by atoms with Crippen LogP contribution in [0.25, 0.3) is 21.9 Å². The van der Waals surface area contributed by atoms with E-state index in [1.165, 1.54) is 0 Å². The Balaban J connectivity index is 1.27. The monoisotopic (exact) mass is 510 g/mol. The number of aromatic nitrogens is 1. The van der Waals surface area contributed by atoms with Gasteiger partial charge in [0.1, 0.15) is 5.75 Å². The molecule has 38 heavy (non-hydrogen) atoms. The molecule has 1 saturated heterocycles. The SMILES string of the molecule is CCCCOc1ccc(NC(=O)Nc2ccc(-c3ccc(CN4CCOCC4)nc3)c3ccccc23)cc1.